The zero-order valence-electron chi connectivity index (χ0n) is 19.3. The molecule has 0 radical (unpaired) electrons. The summed E-state index contributed by atoms with van der Waals surface area (Å²) >= 11 is 1.58. The Bertz CT molecular complexity index is 937. The maximum atomic E-state index is 12.6. The Hall–Kier alpha value is -3.03. The van der Waals surface area contributed by atoms with Crippen molar-refractivity contribution in [3.63, 3.8) is 0 Å². The first-order valence-electron chi connectivity index (χ1n) is 11.6. The number of nitrogens with zero attached hydrogens (tertiary/aromatic N) is 3. The Balaban J connectivity index is 0.000000398. The third kappa shape index (κ3) is 6.52. The van der Waals surface area contributed by atoms with Crippen molar-refractivity contribution in [3.05, 3.63) is 96.3 Å². The largest absolute Gasteiger partial charge is 0.497 e. The minimum atomic E-state index is 0.0615. The number of ether oxygens (including phenoxy) is 1. The van der Waals surface area contributed by atoms with Crippen LogP contribution < -0.4 is 0 Å². The number of hydrogen-bond acceptors (Lipinski definition) is 5. The molecular formula is C27H31N3O3S. The van der Waals surface area contributed by atoms with Gasteiger partial charge in [-0.15, -0.1) is 11.8 Å². The second-order valence-electron chi connectivity index (χ2n) is 8.30. The lowest BCUT2D eigenvalue weighted by Crippen LogP contribution is -2.52. The third-order valence-electron chi connectivity index (χ3n) is 6.03. The fourth-order valence-corrected chi connectivity index (χ4v) is 5.17. The summed E-state index contributed by atoms with van der Waals surface area (Å²) in [7, 11) is 0. The SMILES string of the molecule is C1=CCOC=C1.O=C(CN1CSCC1=O)N1CCN(C(c2ccccc2)c2ccccc2)CC1. The molecule has 2 saturated heterocycles. The summed E-state index contributed by atoms with van der Waals surface area (Å²) in [6.07, 6.45) is 7.47. The number of carbonyl (C=O) groups is 2. The van der Waals surface area contributed by atoms with E-state index < -0.39 is 0 Å². The van der Waals surface area contributed by atoms with Gasteiger partial charge in [0.2, 0.25) is 11.8 Å². The summed E-state index contributed by atoms with van der Waals surface area (Å²) in [6.45, 7) is 3.99. The molecule has 0 aliphatic carbocycles. The Morgan fingerprint density at radius 1 is 0.912 bits per heavy atom. The standard InChI is InChI=1S/C22H25N3O2S.C5H6O/c26-20(15-25-17-28-16-21(25)27)23-11-13-24(14-12-23)22(18-7-3-1-4-8-18)19-9-5-2-6-10-19;1-2-4-6-5-3-1/h1-10,22H,11-17H2;1-4H,5H2. The Labute approximate surface area is 205 Å². The fraction of sp³-hybridized carbons (Fsp3) is 0.333. The van der Waals surface area contributed by atoms with Crippen molar-refractivity contribution in [3.8, 4) is 0 Å². The number of carbonyl (C=O) groups excluding carboxylic acids is 2. The summed E-state index contributed by atoms with van der Waals surface area (Å²) in [5, 5.41) is 0. The lowest BCUT2D eigenvalue weighted by Gasteiger charge is -2.40. The van der Waals surface area contributed by atoms with Gasteiger partial charge < -0.3 is 14.5 Å². The van der Waals surface area contributed by atoms with Crippen molar-refractivity contribution in [2.24, 2.45) is 0 Å². The van der Waals surface area contributed by atoms with E-state index in [1.54, 1.807) is 22.9 Å². The van der Waals surface area contributed by atoms with E-state index in [2.05, 4.69) is 53.4 Å². The van der Waals surface area contributed by atoms with Gasteiger partial charge in [0.1, 0.15) is 13.2 Å². The molecule has 0 N–H and O–H groups in total. The van der Waals surface area contributed by atoms with Crippen molar-refractivity contribution in [2.75, 3.05) is 51.0 Å². The first-order valence-corrected chi connectivity index (χ1v) is 12.8. The number of thioether (sulfide) groups is 1. The molecule has 0 aromatic heterocycles. The number of rotatable bonds is 5. The van der Waals surface area contributed by atoms with Crippen LogP contribution in [-0.4, -0.2) is 77.5 Å². The highest BCUT2D eigenvalue weighted by Gasteiger charge is 2.30. The van der Waals surface area contributed by atoms with Gasteiger partial charge in [0.05, 0.1) is 23.9 Å². The zero-order valence-corrected chi connectivity index (χ0v) is 20.1. The van der Waals surface area contributed by atoms with Crippen molar-refractivity contribution in [1.29, 1.82) is 0 Å². The third-order valence-corrected chi connectivity index (χ3v) is 6.97. The Morgan fingerprint density at radius 3 is 2.00 bits per heavy atom. The topological polar surface area (TPSA) is 53.1 Å². The second-order valence-corrected chi connectivity index (χ2v) is 9.26. The van der Waals surface area contributed by atoms with E-state index in [9.17, 15) is 9.59 Å². The normalized spacial score (nSPS) is 18.0. The van der Waals surface area contributed by atoms with Gasteiger partial charge in [0.25, 0.3) is 0 Å². The molecule has 2 amide bonds. The van der Waals surface area contributed by atoms with Gasteiger partial charge >= 0.3 is 0 Å². The molecule has 178 valence electrons. The molecule has 0 spiro atoms. The average Bonchev–Trinajstić information content (AvgIpc) is 3.31. The molecule has 7 heteroatoms. The highest BCUT2D eigenvalue weighted by Crippen LogP contribution is 2.29. The van der Waals surface area contributed by atoms with E-state index in [1.165, 1.54) is 11.1 Å². The fourth-order valence-electron chi connectivity index (χ4n) is 4.26. The lowest BCUT2D eigenvalue weighted by atomic mass is 9.96. The van der Waals surface area contributed by atoms with Crippen LogP contribution in [0.5, 0.6) is 0 Å². The number of hydrogen-bond donors (Lipinski definition) is 0. The van der Waals surface area contributed by atoms with E-state index >= 15 is 0 Å². The second kappa shape index (κ2) is 12.4. The predicted molar refractivity (Wildman–Crippen MR) is 136 cm³/mol. The number of allylic oxidation sites excluding steroid dienone is 2. The Kier molecular flexibility index (Phi) is 8.82. The van der Waals surface area contributed by atoms with E-state index in [4.69, 9.17) is 4.74 Å². The molecule has 2 aromatic rings. The van der Waals surface area contributed by atoms with Gasteiger partial charge in [-0.05, 0) is 23.3 Å². The minimum absolute atomic E-state index is 0.0615. The maximum absolute atomic E-state index is 12.6. The first kappa shape index (κ1) is 24.1. The molecule has 0 saturated carbocycles. The van der Waals surface area contributed by atoms with Crippen LogP contribution in [0.1, 0.15) is 17.2 Å². The van der Waals surface area contributed by atoms with Crippen LogP contribution in [-0.2, 0) is 14.3 Å². The molecule has 0 unspecified atom stereocenters. The number of piperazine rings is 1. The maximum Gasteiger partial charge on any atom is 0.242 e. The van der Waals surface area contributed by atoms with Crippen LogP contribution in [0, 0.1) is 0 Å². The summed E-state index contributed by atoms with van der Waals surface area (Å²) in [6, 6.07) is 21.3. The summed E-state index contributed by atoms with van der Waals surface area (Å²) in [5.41, 5.74) is 2.54. The summed E-state index contributed by atoms with van der Waals surface area (Å²) in [4.78, 5) is 30.4. The van der Waals surface area contributed by atoms with Gasteiger partial charge in [-0.1, -0.05) is 66.7 Å². The molecule has 3 heterocycles. The van der Waals surface area contributed by atoms with Gasteiger partial charge in [-0.2, -0.15) is 0 Å². The van der Waals surface area contributed by atoms with Crippen LogP contribution >= 0.6 is 11.8 Å². The summed E-state index contributed by atoms with van der Waals surface area (Å²) < 4.78 is 4.80. The van der Waals surface area contributed by atoms with E-state index in [1.807, 2.05) is 35.3 Å². The summed E-state index contributed by atoms with van der Waals surface area (Å²) in [5.74, 6) is 1.27. The average molecular weight is 478 g/mol. The van der Waals surface area contributed by atoms with Crippen LogP contribution in [0.3, 0.4) is 0 Å². The monoisotopic (exact) mass is 477 g/mol. The van der Waals surface area contributed by atoms with Gasteiger partial charge in [0.15, 0.2) is 0 Å². The number of amides is 2. The molecule has 3 aliphatic heterocycles. The molecule has 2 fully saturated rings. The van der Waals surface area contributed by atoms with Crippen molar-refractivity contribution in [1.82, 2.24) is 14.7 Å². The van der Waals surface area contributed by atoms with Crippen LogP contribution in [0.2, 0.25) is 0 Å². The van der Waals surface area contributed by atoms with Gasteiger partial charge in [0, 0.05) is 26.2 Å². The lowest BCUT2D eigenvalue weighted by molar-refractivity contribution is -0.139. The van der Waals surface area contributed by atoms with Crippen LogP contribution in [0.25, 0.3) is 0 Å². The molecule has 6 nitrogen and oxygen atoms in total. The molecule has 5 rings (SSSR count). The highest BCUT2D eigenvalue weighted by molar-refractivity contribution is 8.00. The minimum Gasteiger partial charge on any atom is -0.497 e. The molecule has 34 heavy (non-hydrogen) atoms. The molecule has 2 aromatic carbocycles. The molecular weight excluding hydrogens is 446 g/mol. The van der Waals surface area contributed by atoms with Gasteiger partial charge in [-0.25, -0.2) is 0 Å². The van der Waals surface area contributed by atoms with E-state index in [0.29, 0.717) is 24.7 Å². The molecule has 3 aliphatic rings. The molecule has 0 atom stereocenters. The van der Waals surface area contributed by atoms with E-state index in [0.717, 1.165) is 19.7 Å². The van der Waals surface area contributed by atoms with Crippen molar-refractivity contribution >= 4 is 23.6 Å². The van der Waals surface area contributed by atoms with Crippen molar-refractivity contribution < 1.29 is 14.3 Å². The predicted octanol–water partition coefficient (Wildman–Crippen LogP) is 3.54. The zero-order chi connectivity index (χ0) is 23.6. The highest BCUT2D eigenvalue weighted by atomic mass is 32.2. The van der Waals surface area contributed by atoms with E-state index in [-0.39, 0.29) is 24.4 Å². The van der Waals surface area contributed by atoms with Crippen LogP contribution in [0.15, 0.2) is 85.2 Å². The Morgan fingerprint density at radius 2 is 1.56 bits per heavy atom. The van der Waals surface area contributed by atoms with Crippen molar-refractivity contribution in [2.45, 2.75) is 6.04 Å². The first-order chi connectivity index (χ1) is 16.7. The van der Waals surface area contributed by atoms with Crippen LogP contribution in [0.4, 0.5) is 0 Å². The smallest absolute Gasteiger partial charge is 0.242 e. The number of benzene rings is 2. The molecule has 0 bridgehead atoms. The van der Waals surface area contributed by atoms with Gasteiger partial charge in [-0.3, -0.25) is 14.5 Å². The quantitative estimate of drug-likeness (QED) is 0.660.